The Labute approximate surface area is 271 Å². The summed E-state index contributed by atoms with van der Waals surface area (Å²) in [7, 11) is -4.04. The number of fused-ring (bicyclic) bond motifs is 1. The molecule has 16 heteroatoms. The molecular formula is C32H28F5N5O5S. The minimum absolute atomic E-state index is 0.0667. The van der Waals surface area contributed by atoms with Gasteiger partial charge in [-0.3, -0.25) is 4.79 Å². The molecular weight excluding hydrogens is 661 g/mol. The van der Waals surface area contributed by atoms with Crippen LogP contribution in [-0.2, 0) is 25.5 Å². The van der Waals surface area contributed by atoms with Gasteiger partial charge >= 0.3 is 11.9 Å². The Bertz CT molecular complexity index is 2150. The van der Waals surface area contributed by atoms with Crippen molar-refractivity contribution in [3.63, 3.8) is 0 Å². The molecule has 0 bridgehead atoms. The molecule has 4 heterocycles. The van der Waals surface area contributed by atoms with Crippen molar-refractivity contribution in [2.45, 2.75) is 30.0 Å². The van der Waals surface area contributed by atoms with Gasteiger partial charge in [0.05, 0.1) is 34.7 Å². The van der Waals surface area contributed by atoms with E-state index in [0.29, 0.717) is 5.56 Å². The third-order valence-electron chi connectivity index (χ3n) is 8.46. The molecule has 0 spiro atoms. The molecule has 0 aliphatic carbocycles. The third kappa shape index (κ3) is 5.83. The average Bonchev–Trinajstić information content (AvgIpc) is 2.99. The summed E-state index contributed by atoms with van der Waals surface area (Å²) >= 11 is 0. The lowest BCUT2D eigenvalue weighted by atomic mass is 9.95. The molecule has 2 aliphatic heterocycles. The van der Waals surface area contributed by atoms with E-state index in [0.717, 1.165) is 35.1 Å². The molecule has 48 heavy (non-hydrogen) atoms. The highest BCUT2D eigenvalue weighted by molar-refractivity contribution is 7.90. The number of alkyl halides is 3. The monoisotopic (exact) mass is 689 g/mol. The first kappa shape index (κ1) is 33.2. The van der Waals surface area contributed by atoms with Crippen molar-refractivity contribution in [1.29, 1.82) is 0 Å². The highest BCUT2D eigenvalue weighted by atomic mass is 32.2. The molecule has 6 rings (SSSR count). The van der Waals surface area contributed by atoms with E-state index in [-0.39, 0.29) is 78.2 Å². The van der Waals surface area contributed by atoms with Crippen LogP contribution in [0.5, 0.6) is 0 Å². The Hall–Kier alpha value is -4.70. The number of benzene rings is 2. The van der Waals surface area contributed by atoms with Gasteiger partial charge in [0, 0.05) is 43.4 Å². The summed E-state index contributed by atoms with van der Waals surface area (Å²) in [6.45, 7) is 6.13. The minimum atomic E-state index is -5.11. The number of piperazine rings is 1. The van der Waals surface area contributed by atoms with Crippen LogP contribution in [0, 0.1) is 11.6 Å². The second kappa shape index (κ2) is 12.1. The Balaban J connectivity index is 1.70. The maximum atomic E-state index is 16.1. The van der Waals surface area contributed by atoms with E-state index in [9.17, 15) is 35.6 Å². The highest BCUT2D eigenvalue weighted by Gasteiger charge is 2.37. The van der Waals surface area contributed by atoms with Crippen LogP contribution in [0.3, 0.4) is 0 Å². The molecule has 0 unspecified atom stereocenters. The number of ether oxygens (including phenoxy) is 1. The fourth-order valence-electron chi connectivity index (χ4n) is 6.10. The molecule has 2 aromatic heterocycles. The Morgan fingerprint density at radius 2 is 1.81 bits per heavy atom. The molecule has 10 nitrogen and oxygen atoms in total. The number of aromatic nitrogens is 3. The van der Waals surface area contributed by atoms with Crippen LogP contribution in [0.2, 0.25) is 0 Å². The summed E-state index contributed by atoms with van der Waals surface area (Å²) in [5.41, 5.74) is -4.33. The smallest absolute Gasteiger partial charge is 0.380 e. The SMILES string of the molecule is C=CC(=O)N1CCN(c2nc(=O)n(-c3c(C4COC4)cccc3S(C)(=O)=O)c3nc(-c4ccc(F)cc4C(F)(F)F)c(F)cc23)[C@@H](C)C1. The van der Waals surface area contributed by atoms with Gasteiger partial charge in [-0.05, 0) is 48.9 Å². The van der Waals surface area contributed by atoms with Crippen molar-refractivity contribution >= 4 is 32.6 Å². The summed E-state index contributed by atoms with van der Waals surface area (Å²) in [5.74, 6) is -3.19. The maximum absolute atomic E-state index is 16.1. The molecule has 4 aromatic rings. The lowest BCUT2D eigenvalue weighted by Crippen LogP contribution is -2.54. The van der Waals surface area contributed by atoms with Gasteiger partial charge < -0.3 is 14.5 Å². The van der Waals surface area contributed by atoms with Gasteiger partial charge in [-0.15, -0.1) is 0 Å². The Morgan fingerprint density at radius 3 is 2.42 bits per heavy atom. The van der Waals surface area contributed by atoms with Gasteiger partial charge in [-0.25, -0.2) is 31.5 Å². The fourth-order valence-corrected chi connectivity index (χ4v) is 6.98. The number of carbonyl (C=O) groups excluding carboxylic acids is 1. The molecule has 0 radical (unpaired) electrons. The van der Waals surface area contributed by atoms with Crippen LogP contribution in [0.4, 0.5) is 27.8 Å². The summed E-state index contributed by atoms with van der Waals surface area (Å²) in [5, 5.41) is -0.110. The van der Waals surface area contributed by atoms with Gasteiger partial charge in [0.25, 0.3) is 0 Å². The van der Waals surface area contributed by atoms with Crippen molar-refractivity contribution in [3.8, 4) is 16.9 Å². The zero-order chi connectivity index (χ0) is 34.7. The normalized spacial score (nSPS) is 17.4. The molecule has 0 saturated carbocycles. The van der Waals surface area contributed by atoms with Crippen LogP contribution in [0.25, 0.3) is 28.0 Å². The highest BCUT2D eigenvalue weighted by Crippen LogP contribution is 2.40. The number of pyridine rings is 1. The molecule has 1 amide bonds. The first-order valence-electron chi connectivity index (χ1n) is 14.7. The number of carbonyl (C=O) groups is 1. The number of rotatable bonds is 6. The van der Waals surface area contributed by atoms with Crippen molar-refractivity contribution in [2.24, 2.45) is 0 Å². The van der Waals surface area contributed by atoms with E-state index >= 15 is 4.39 Å². The Kier molecular flexibility index (Phi) is 8.35. The number of para-hydroxylation sites is 1. The van der Waals surface area contributed by atoms with Gasteiger partial charge in [0.15, 0.2) is 15.5 Å². The lowest BCUT2D eigenvalue weighted by Gasteiger charge is -2.40. The largest absolute Gasteiger partial charge is 0.417 e. The summed E-state index contributed by atoms with van der Waals surface area (Å²) in [4.78, 5) is 37.9. The molecule has 2 aliphatic rings. The van der Waals surface area contributed by atoms with E-state index in [1.165, 1.54) is 17.0 Å². The maximum Gasteiger partial charge on any atom is 0.417 e. The minimum Gasteiger partial charge on any atom is -0.380 e. The molecule has 2 aromatic carbocycles. The van der Waals surface area contributed by atoms with Crippen molar-refractivity contribution in [3.05, 3.63) is 88.4 Å². The third-order valence-corrected chi connectivity index (χ3v) is 9.59. The van der Waals surface area contributed by atoms with E-state index in [1.807, 2.05) is 0 Å². The van der Waals surface area contributed by atoms with Crippen LogP contribution in [-0.4, -0.2) is 78.9 Å². The van der Waals surface area contributed by atoms with E-state index in [2.05, 4.69) is 16.5 Å². The standard InChI is InChI=1S/C32H28F5N5O5S/c1-4-26(43)40-10-11-41(17(2)14-40)29-22-13-24(34)27(21-9-8-19(33)12-23(21)32(35,36)37)38-30(22)42(31(44)39-29)28-20(18-15-47-16-18)6-5-7-25(28)48(3,45)46/h4-9,12-13,17-18H,1,10-11,14-16H2,2-3H3/t17-/m0/s1. The molecule has 252 valence electrons. The number of amides is 1. The molecule has 1 atom stereocenters. The first-order chi connectivity index (χ1) is 22.6. The topological polar surface area (TPSA) is 115 Å². The zero-order valence-electron chi connectivity index (χ0n) is 25.6. The number of halogens is 5. The van der Waals surface area contributed by atoms with Crippen molar-refractivity contribution in [1.82, 2.24) is 19.4 Å². The van der Waals surface area contributed by atoms with Gasteiger partial charge in [0.1, 0.15) is 23.1 Å². The molecule has 2 saturated heterocycles. The van der Waals surface area contributed by atoms with Crippen molar-refractivity contribution in [2.75, 3.05) is 44.0 Å². The second-order valence-electron chi connectivity index (χ2n) is 11.7. The average molecular weight is 690 g/mol. The summed E-state index contributed by atoms with van der Waals surface area (Å²) < 4.78 is 105. The first-order valence-corrected chi connectivity index (χ1v) is 16.6. The lowest BCUT2D eigenvalue weighted by molar-refractivity contribution is -0.137. The quantitative estimate of drug-likeness (QED) is 0.215. The number of anilines is 1. The van der Waals surface area contributed by atoms with Gasteiger partial charge in [0.2, 0.25) is 5.91 Å². The van der Waals surface area contributed by atoms with Crippen LogP contribution >= 0.6 is 0 Å². The van der Waals surface area contributed by atoms with Crippen LogP contribution in [0.1, 0.15) is 24.0 Å². The fraction of sp³-hybridized carbons (Fsp3) is 0.312. The van der Waals surface area contributed by atoms with Crippen LogP contribution in [0.15, 0.2) is 64.8 Å². The number of hydrogen-bond donors (Lipinski definition) is 0. The van der Waals surface area contributed by atoms with Gasteiger partial charge in [-0.1, -0.05) is 18.7 Å². The summed E-state index contributed by atoms with van der Waals surface area (Å²) in [6.07, 6.45) is -3.02. The Morgan fingerprint density at radius 1 is 1.08 bits per heavy atom. The molecule has 0 N–H and O–H groups in total. The van der Waals surface area contributed by atoms with E-state index in [1.54, 1.807) is 17.9 Å². The van der Waals surface area contributed by atoms with Crippen molar-refractivity contribution < 1.29 is 39.9 Å². The predicted molar refractivity (Wildman–Crippen MR) is 166 cm³/mol. The number of nitrogens with zero attached hydrogens (tertiary/aromatic N) is 5. The van der Waals surface area contributed by atoms with Gasteiger partial charge in [-0.2, -0.15) is 18.2 Å². The van der Waals surface area contributed by atoms with Crippen LogP contribution < -0.4 is 10.6 Å². The summed E-state index contributed by atoms with van der Waals surface area (Å²) in [6, 6.07) is 6.42. The second-order valence-corrected chi connectivity index (χ2v) is 13.6. The predicted octanol–water partition coefficient (Wildman–Crippen LogP) is 4.49. The number of hydrogen-bond acceptors (Lipinski definition) is 8. The van der Waals surface area contributed by atoms with E-state index in [4.69, 9.17) is 4.74 Å². The number of sulfone groups is 1. The van der Waals surface area contributed by atoms with E-state index < -0.39 is 56.2 Å². The zero-order valence-corrected chi connectivity index (χ0v) is 26.4. The molecule has 2 fully saturated rings.